The molecule has 0 aliphatic heterocycles. The average molecular weight is 497 g/mol. The van der Waals surface area contributed by atoms with Crippen molar-refractivity contribution in [3.05, 3.63) is 92.1 Å². The van der Waals surface area contributed by atoms with Crippen LogP contribution in [0.5, 0.6) is 0 Å². The monoisotopic (exact) mass is 496 g/mol. The summed E-state index contributed by atoms with van der Waals surface area (Å²) in [7, 11) is 0. The molecule has 9 heteroatoms. The van der Waals surface area contributed by atoms with E-state index in [0.717, 1.165) is 22.0 Å². The van der Waals surface area contributed by atoms with Crippen LogP contribution in [0.25, 0.3) is 10.9 Å². The van der Waals surface area contributed by atoms with Crippen molar-refractivity contribution in [2.24, 2.45) is 0 Å². The molecule has 4 rings (SSSR count). The lowest BCUT2D eigenvalue weighted by Gasteiger charge is -2.11. The van der Waals surface area contributed by atoms with Gasteiger partial charge in [0.1, 0.15) is 5.01 Å². The van der Waals surface area contributed by atoms with Crippen molar-refractivity contribution in [1.82, 2.24) is 14.5 Å². The van der Waals surface area contributed by atoms with Gasteiger partial charge in [-0.25, -0.2) is 9.97 Å². The maximum absolute atomic E-state index is 12.9. The Morgan fingerprint density at radius 3 is 2.88 bits per heavy atom. The van der Waals surface area contributed by atoms with E-state index in [0.29, 0.717) is 33.4 Å². The molecule has 0 spiro atoms. The Morgan fingerprint density at radius 1 is 1.27 bits per heavy atom. The molecule has 0 saturated carbocycles. The van der Waals surface area contributed by atoms with Gasteiger partial charge in [0.05, 0.1) is 23.0 Å². The molecule has 0 atom stereocenters. The molecular formula is C24H21ClN4O2S2. The number of anilines is 1. The van der Waals surface area contributed by atoms with E-state index in [9.17, 15) is 9.59 Å². The van der Waals surface area contributed by atoms with Gasteiger partial charge in [-0.1, -0.05) is 47.6 Å². The zero-order valence-corrected chi connectivity index (χ0v) is 20.3. The molecule has 168 valence electrons. The number of aromatic nitrogens is 3. The SMILES string of the molecule is C=CCn1c(SCc2csc(CC(=O)Nc3ccccc3C)n2)nc2cc(Cl)ccc2c1=O. The van der Waals surface area contributed by atoms with Gasteiger partial charge in [0.25, 0.3) is 5.56 Å². The number of aryl methyl sites for hydroxylation is 1. The number of hydrogen-bond acceptors (Lipinski definition) is 6. The summed E-state index contributed by atoms with van der Waals surface area (Å²) in [6, 6.07) is 12.7. The average Bonchev–Trinajstić information content (AvgIpc) is 3.23. The number of carbonyl (C=O) groups is 1. The van der Waals surface area contributed by atoms with Gasteiger partial charge >= 0.3 is 0 Å². The summed E-state index contributed by atoms with van der Waals surface area (Å²) < 4.78 is 1.59. The Balaban J connectivity index is 1.47. The molecule has 0 radical (unpaired) electrons. The first-order valence-corrected chi connectivity index (χ1v) is 12.4. The largest absolute Gasteiger partial charge is 0.325 e. The first-order chi connectivity index (χ1) is 15.9. The maximum atomic E-state index is 12.9. The molecule has 2 heterocycles. The zero-order valence-electron chi connectivity index (χ0n) is 17.9. The molecule has 0 saturated heterocycles. The molecule has 0 aliphatic rings. The third-order valence-corrected chi connectivity index (χ3v) is 7.02. The topological polar surface area (TPSA) is 76.9 Å². The van der Waals surface area contributed by atoms with E-state index >= 15 is 0 Å². The second kappa shape index (κ2) is 10.3. The second-order valence-corrected chi connectivity index (χ2v) is 9.64. The number of hydrogen-bond donors (Lipinski definition) is 1. The molecule has 1 N–H and O–H groups in total. The van der Waals surface area contributed by atoms with E-state index in [-0.39, 0.29) is 17.9 Å². The molecule has 1 amide bonds. The predicted octanol–water partition coefficient (Wildman–Crippen LogP) is 5.47. The Hall–Kier alpha value is -2.94. The van der Waals surface area contributed by atoms with E-state index < -0.39 is 0 Å². The zero-order chi connectivity index (χ0) is 23.4. The number of allylic oxidation sites excluding steroid dienone is 1. The molecule has 0 fully saturated rings. The molecule has 33 heavy (non-hydrogen) atoms. The van der Waals surface area contributed by atoms with E-state index in [1.807, 2.05) is 36.6 Å². The van der Waals surface area contributed by atoms with E-state index in [1.165, 1.54) is 23.1 Å². The first-order valence-electron chi connectivity index (χ1n) is 10.2. The number of halogens is 1. The van der Waals surface area contributed by atoms with E-state index in [4.69, 9.17) is 11.6 Å². The molecular weight excluding hydrogens is 476 g/mol. The Bertz CT molecular complexity index is 1400. The molecule has 0 bridgehead atoms. The standard InChI is InChI=1S/C24H21ClN4O2S2/c1-3-10-29-23(31)18-9-8-16(25)11-20(18)28-24(29)33-14-17-13-32-22(26-17)12-21(30)27-19-7-5-4-6-15(19)2/h3-9,11,13H,1,10,12,14H2,2H3,(H,27,30). The highest BCUT2D eigenvalue weighted by molar-refractivity contribution is 7.98. The molecule has 2 aromatic heterocycles. The lowest BCUT2D eigenvalue weighted by Crippen LogP contribution is -2.22. The van der Waals surface area contributed by atoms with Crippen molar-refractivity contribution in [3.63, 3.8) is 0 Å². The summed E-state index contributed by atoms with van der Waals surface area (Å²) in [6.45, 7) is 6.06. The number of thioether (sulfide) groups is 1. The van der Waals surface area contributed by atoms with Crippen molar-refractivity contribution in [2.45, 2.75) is 30.8 Å². The summed E-state index contributed by atoms with van der Waals surface area (Å²) in [4.78, 5) is 34.6. The van der Waals surface area contributed by atoms with Crippen LogP contribution < -0.4 is 10.9 Å². The van der Waals surface area contributed by atoms with Gasteiger partial charge in [-0.15, -0.1) is 17.9 Å². The fourth-order valence-corrected chi connectivity index (χ4v) is 5.22. The van der Waals surface area contributed by atoms with Crippen molar-refractivity contribution in [1.29, 1.82) is 0 Å². The molecule has 2 aromatic carbocycles. The van der Waals surface area contributed by atoms with Crippen LogP contribution in [0.3, 0.4) is 0 Å². The minimum Gasteiger partial charge on any atom is -0.325 e. The van der Waals surface area contributed by atoms with Gasteiger partial charge < -0.3 is 5.32 Å². The van der Waals surface area contributed by atoms with Gasteiger partial charge in [0, 0.05) is 28.4 Å². The minimum absolute atomic E-state index is 0.106. The van der Waals surface area contributed by atoms with Gasteiger partial charge in [-0.05, 0) is 36.8 Å². The lowest BCUT2D eigenvalue weighted by molar-refractivity contribution is -0.115. The molecule has 0 unspecified atom stereocenters. The van der Waals surface area contributed by atoms with Crippen LogP contribution in [0.4, 0.5) is 5.69 Å². The highest BCUT2D eigenvalue weighted by Gasteiger charge is 2.14. The third kappa shape index (κ3) is 5.52. The molecule has 6 nitrogen and oxygen atoms in total. The van der Waals surface area contributed by atoms with Crippen molar-refractivity contribution in [2.75, 3.05) is 5.32 Å². The Labute approximate surface area is 204 Å². The predicted molar refractivity (Wildman–Crippen MR) is 136 cm³/mol. The second-order valence-electron chi connectivity index (χ2n) is 7.32. The number of benzene rings is 2. The van der Waals surface area contributed by atoms with Crippen LogP contribution in [0, 0.1) is 6.92 Å². The number of nitrogens with zero attached hydrogens (tertiary/aromatic N) is 3. The van der Waals surface area contributed by atoms with Crippen LogP contribution in [0.15, 0.2) is 70.5 Å². The highest BCUT2D eigenvalue weighted by Crippen LogP contribution is 2.25. The number of para-hydroxylation sites is 1. The fourth-order valence-electron chi connectivity index (χ4n) is 3.25. The van der Waals surface area contributed by atoms with Crippen LogP contribution in [-0.2, 0) is 23.5 Å². The lowest BCUT2D eigenvalue weighted by atomic mass is 10.2. The maximum Gasteiger partial charge on any atom is 0.262 e. The third-order valence-electron chi connectivity index (χ3n) is 4.87. The van der Waals surface area contributed by atoms with Crippen molar-refractivity contribution in [3.8, 4) is 0 Å². The smallest absolute Gasteiger partial charge is 0.262 e. The quantitative estimate of drug-likeness (QED) is 0.199. The molecule has 4 aromatic rings. The van der Waals surface area contributed by atoms with Crippen molar-refractivity contribution >= 4 is 57.2 Å². The fraction of sp³-hybridized carbons (Fsp3) is 0.167. The van der Waals surface area contributed by atoms with Crippen LogP contribution in [0.1, 0.15) is 16.3 Å². The van der Waals surface area contributed by atoms with Gasteiger partial charge in [0.15, 0.2) is 5.16 Å². The number of amides is 1. The van der Waals surface area contributed by atoms with Crippen molar-refractivity contribution < 1.29 is 4.79 Å². The Kier molecular flexibility index (Phi) is 7.27. The summed E-state index contributed by atoms with van der Waals surface area (Å²) in [5, 5.41) is 7.21. The van der Waals surface area contributed by atoms with Gasteiger partial charge in [-0.2, -0.15) is 0 Å². The number of rotatable bonds is 8. The summed E-state index contributed by atoms with van der Waals surface area (Å²) in [6.07, 6.45) is 1.88. The first kappa shape index (κ1) is 23.2. The van der Waals surface area contributed by atoms with E-state index in [1.54, 1.807) is 28.8 Å². The number of carbonyl (C=O) groups excluding carboxylic acids is 1. The van der Waals surface area contributed by atoms with E-state index in [2.05, 4.69) is 21.9 Å². The van der Waals surface area contributed by atoms with Crippen LogP contribution in [0.2, 0.25) is 5.02 Å². The summed E-state index contributed by atoms with van der Waals surface area (Å²) in [5.74, 6) is 0.414. The summed E-state index contributed by atoms with van der Waals surface area (Å²) in [5.41, 5.74) is 3.07. The highest BCUT2D eigenvalue weighted by atomic mass is 35.5. The summed E-state index contributed by atoms with van der Waals surface area (Å²) >= 11 is 8.95. The van der Waals surface area contributed by atoms with Gasteiger partial charge in [0.2, 0.25) is 5.91 Å². The van der Waals surface area contributed by atoms with Crippen LogP contribution >= 0.6 is 34.7 Å². The van der Waals surface area contributed by atoms with Crippen LogP contribution in [-0.4, -0.2) is 20.4 Å². The minimum atomic E-state index is -0.133. The Morgan fingerprint density at radius 2 is 2.09 bits per heavy atom. The number of thiazole rings is 1. The van der Waals surface area contributed by atoms with Gasteiger partial charge in [-0.3, -0.25) is 14.2 Å². The number of fused-ring (bicyclic) bond motifs is 1. The number of nitrogens with one attached hydrogen (secondary N) is 1. The normalized spacial score (nSPS) is 11.0. The molecule has 0 aliphatic carbocycles.